The summed E-state index contributed by atoms with van der Waals surface area (Å²) in [5, 5.41) is 8.19. The summed E-state index contributed by atoms with van der Waals surface area (Å²) >= 11 is 0. The summed E-state index contributed by atoms with van der Waals surface area (Å²) in [5.74, 6) is 4.87. The van der Waals surface area contributed by atoms with Crippen molar-refractivity contribution in [3.05, 3.63) is 0 Å². The monoisotopic (exact) mass is 162 g/mol. The molecule has 0 aromatic rings. The van der Waals surface area contributed by atoms with Crippen LogP contribution in [0.1, 0.15) is 6.92 Å². The topological polar surface area (TPSA) is 58.3 Å². The van der Waals surface area contributed by atoms with Gasteiger partial charge in [0.1, 0.15) is 0 Å². The van der Waals surface area contributed by atoms with Crippen molar-refractivity contribution in [2.75, 3.05) is 6.61 Å². The van der Waals surface area contributed by atoms with Gasteiger partial charge >= 0.3 is 0 Å². The van der Waals surface area contributed by atoms with Gasteiger partial charge in [0.2, 0.25) is 0 Å². The van der Waals surface area contributed by atoms with Crippen molar-refractivity contribution < 1.29 is 5.11 Å². The molecule has 0 saturated heterocycles. The molecule has 4 N–H and O–H groups in total. The molecular formula is C3H12Cl2N2O. The largest absolute Gasteiger partial charge is 0.395 e. The Labute approximate surface area is 61.4 Å². The highest BCUT2D eigenvalue weighted by Gasteiger charge is 1.88. The number of aliphatic hydroxyl groups is 1. The Bertz CT molecular complexity index is 34.5. The Kier molecular flexibility index (Phi) is 20.6. The zero-order valence-corrected chi connectivity index (χ0v) is 6.26. The molecule has 1 atom stereocenters. The van der Waals surface area contributed by atoms with Gasteiger partial charge in [-0.3, -0.25) is 11.3 Å². The van der Waals surface area contributed by atoms with Gasteiger partial charge in [0.05, 0.1) is 6.61 Å². The molecule has 54 valence electrons. The van der Waals surface area contributed by atoms with Crippen LogP contribution < -0.4 is 11.3 Å². The molecule has 1 unspecified atom stereocenters. The van der Waals surface area contributed by atoms with Crippen molar-refractivity contribution in [1.82, 2.24) is 5.43 Å². The molecule has 0 aromatic carbocycles. The van der Waals surface area contributed by atoms with E-state index in [-0.39, 0.29) is 37.5 Å². The van der Waals surface area contributed by atoms with E-state index in [1.54, 1.807) is 6.92 Å². The maximum absolute atomic E-state index is 8.19. The summed E-state index contributed by atoms with van der Waals surface area (Å²) in [6.45, 7) is 1.89. The molecule has 3 nitrogen and oxygen atoms in total. The van der Waals surface area contributed by atoms with Gasteiger partial charge < -0.3 is 5.11 Å². The van der Waals surface area contributed by atoms with E-state index in [0.717, 1.165) is 0 Å². The molecule has 0 radical (unpaired) electrons. The molecule has 0 bridgehead atoms. The van der Waals surface area contributed by atoms with E-state index in [1.165, 1.54) is 0 Å². The summed E-state index contributed by atoms with van der Waals surface area (Å²) in [7, 11) is 0. The van der Waals surface area contributed by atoms with Crippen LogP contribution in [0.3, 0.4) is 0 Å². The number of rotatable bonds is 2. The Hall–Kier alpha value is 0.460. The molecule has 5 heteroatoms. The zero-order chi connectivity index (χ0) is 4.99. The fraction of sp³-hybridized carbons (Fsp3) is 1.00. The van der Waals surface area contributed by atoms with Crippen LogP contribution >= 0.6 is 24.8 Å². The van der Waals surface area contributed by atoms with Crippen molar-refractivity contribution in [3.63, 3.8) is 0 Å². The highest BCUT2D eigenvalue weighted by atomic mass is 35.5. The third-order valence-electron chi connectivity index (χ3n) is 0.558. The molecule has 0 heterocycles. The number of aliphatic hydroxyl groups excluding tert-OH is 1. The normalized spacial score (nSPS) is 10.9. The second-order valence-electron chi connectivity index (χ2n) is 1.25. The average molecular weight is 163 g/mol. The number of nitrogens with two attached hydrogens (primary N) is 1. The molecule has 8 heavy (non-hydrogen) atoms. The van der Waals surface area contributed by atoms with Gasteiger partial charge in [0.25, 0.3) is 0 Å². The third-order valence-corrected chi connectivity index (χ3v) is 0.558. The Morgan fingerprint density at radius 1 is 1.62 bits per heavy atom. The third kappa shape index (κ3) is 9.68. The van der Waals surface area contributed by atoms with Gasteiger partial charge in [0, 0.05) is 6.04 Å². The van der Waals surface area contributed by atoms with E-state index in [9.17, 15) is 0 Å². The number of hydrazine groups is 1. The summed E-state index contributed by atoms with van der Waals surface area (Å²) in [5.41, 5.74) is 2.36. The highest BCUT2D eigenvalue weighted by Crippen LogP contribution is 1.68. The highest BCUT2D eigenvalue weighted by molar-refractivity contribution is 5.85. The molecule has 0 amide bonds. The molecule has 0 rings (SSSR count). The minimum absolute atomic E-state index is 0. The molecule has 0 spiro atoms. The lowest BCUT2D eigenvalue weighted by Crippen LogP contribution is -2.34. The number of hydrogen-bond donors (Lipinski definition) is 3. The standard InChI is InChI=1S/C3H10N2O.2ClH/c1-3(2-6)5-4;;/h3,5-6H,2,4H2,1H3;2*1H. The van der Waals surface area contributed by atoms with E-state index in [2.05, 4.69) is 5.43 Å². The van der Waals surface area contributed by atoms with Crippen molar-refractivity contribution in [2.45, 2.75) is 13.0 Å². The van der Waals surface area contributed by atoms with E-state index in [1.807, 2.05) is 0 Å². The fourth-order valence-electron chi connectivity index (χ4n) is 0.0527. The predicted molar refractivity (Wildman–Crippen MR) is 38.4 cm³/mol. The Balaban J connectivity index is -0.000000125. The first-order valence-electron chi connectivity index (χ1n) is 1.88. The van der Waals surface area contributed by atoms with Crippen molar-refractivity contribution in [1.29, 1.82) is 0 Å². The summed E-state index contributed by atoms with van der Waals surface area (Å²) < 4.78 is 0. The van der Waals surface area contributed by atoms with Gasteiger partial charge in [0.15, 0.2) is 0 Å². The van der Waals surface area contributed by atoms with Crippen LogP contribution in [-0.2, 0) is 0 Å². The molecule has 0 aliphatic heterocycles. The van der Waals surface area contributed by atoms with Crippen LogP contribution in [0.5, 0.6) is 0 Å². The van der Waals surface area contributed by atoms with Crippen molar-refractivity contribution in [2.24, 2.45) is 5.84 Å². The zero-order valence-electron chi connectivity index (χ0n) is 4.63. The van der Waals surface area contributed by atoms with Gasteiger partial charge in [-0.1, -0.05) is 0 Å². The van der Waals surface area contributed by atoms with Gasteiger partial charge in [-0.2, -0.15) is 0 Å². The molecule has 0 aliphatic rings. The van der Waals surface area contributed by atoms with E-state index < -0.39 is 0 Å². The minimum atomic E-state index is 0. The number of halogens is 2. The SMILES string of the molecule is CC(CO)NN.Cl.Cl. The van der Waals surface area contributed by atoms with Gasteiger partial charge in [-0.25, -0.2) is 0 Å². The van der Waals surface area contributed by atoms with Crippen LogP contribution in [-0.4, -0.2) is 17.8 Å². The number of hydrogen-bond acceptors (Lipinski definition) is 3. The van der Waals surface area contributed by atoms with Crippen LogP contribution in [0.15, 0.2) is 0 Å². The second-order valence-corrected chi connectivity index (χ2v) is 1.25. The smallest absolute Gasteiger partial charge is 0.0595 e. The van der Waals surface area contributed by atoms with Crippen molar-refractivity contribution in [3.8, 4) is 0 Å². The molecule has 0 saturated carbocycles. The first kappa shape index (κ1) is 15.8. The van der Waals surface area contributed by atoms with Gasteiger partial charge in [-0.05, 0) is 6.92 Å². The lowest BCUT2D eigenvalue weighted by molar-refractivity contribution is 0.253. The minimum Gasteiger partial charge on any atom is -0.395 e. The summed E-state index contributed by atoms with van der Waals surface area (Å²) in [4.78, 5) is 0. The maximum Gasteiger partial charge on any atom is 0.0595 e. The quantitative estimate of drug-likeness (QED) is 0.386. The van der Waals surface area contributed by atoms with Gasteiger partial charge in [-0.15, -0.1) is 24.8 Å². The van der Waals surface area contributed by atoms with Crippen LogP contribution in [0, 0.1) is 0 Å². The van der Waals surface area contributed by atoms with Crippen LogP contribution in [0.4, 0.5) is 0 Å². The lowest BCUT2D eigenvalue weighted by atomic mass is 10.4. The van der Waals surface area contributed by atoms with E-state index >= 15 is 0 Å². The molecular weight excluding hydrogens is 151 g/mol. The second kappa shape index (κ2) is 10.4. The fourth-order valence-corrected chi connectivity index (χ4v) is 0.0527. The molecule has 0 aromatic heterocycles. The average Bonchev–Trinajstić information content (AvgIpc) is 1.65. The maximum atomic E-state index is 8.19. The Morgan fingerprint density at radius 2 is 2.00 bits per heavy atom. The van der Waals surface area contributed by atoms with E-state index in [0.29, 0.717) is 0 Å². The molecule has 0 aliphatic carbocycles. The first-order valence-corrected chi connectivity index (χ1v) is 1.88. The van der Waals surface area contributed by atoms with E-state index in [4.69, 9.17) is 10.9 Å². The Morgan fingerprint density at radius 3 is 2.00 bits per heavy atom. The van der Waals surface area contributed by atoms with Crippen molar-refractivity contribution >= 4 is 24.8 Å². The molecule has 0 fully saturated rings. The van der Waals surface area contributed by atoms with Crippen LogP contribution in [0.25, 0.3) is 0 Å². The number of nitrogens with one attached hydrogen (secondary N) is 1. The predicted octanol–water partition coefficient (Wildman–Crippen LogP) is -0.326. The summed E-state index contributed by atoms with van der Waals surface area (Å²) in [6.07, 6.45) is 0. The summed E-state index contributed by atoms with van der Waals surface area (Å²) in [6, 6.07) is 0.0185. The first-order chi connectivity index (χ1) is 2.81. The van der Waals surface area contributed by atoms with Crippen LogP contribution in [0.2, 0.25) is 0 Å². The lowest BCUT2D eigenvalue weighted by Gasteiger charge is -2.01.